The van der Waals surface area contributed by atoms with E-state index in [0.29, 0.717) is 0 Å². The number of hydrogen-bond donors (Lipinski definition) is 1. The molecule has 2 aromatic heterocycles. The summed E-state index contributed by atoms with van der Waals surface area (Å²) in [5.41, 5.74) is 3.12. The van der Waals surface area contributed by atoms with Crippen molar-refractivity contribution in [1.82, 2.24) is 9.97 Å². The number of hydrogen-bond acceptors (Lipinski definition) is 3. The molecular formula is C16H17N3. The first kappa shape index (κ1) is 11.9. The molecule has 0 aliphatic carbocycles. The molecule has 0 unspecified atom stereocenters. The van der Waals surface area contributed by atoms with Crippen LogP contribution in [0, 0.1) is 6.92 Å². The second kappa shape index (κ2) is 4.84. The maximum Gasteiger partial charge on any atom is 0.129 e. The first-order chi connectivity index (χ1) is 9.29. The van der Waals surface area contributed by atoms with E-state index in [1.54, 1.807) is 0 Å². The van der Waals surface area contributed by atoms with E-state index in [-0.39, 0.29) is 0 Å². The molecule has 0 amide bonds. The minimum atomic E-state index is 0.942. The van der Waals surface area contributed by atoms with Crippen LogP contribution >= 0.6 is 0 Å². The molecule has 2 heterocycles. The first-order valence-corrected chi connectivity index (χ1v) is 6.68. The lowest BCUT2D eigenvalue weighted by Crippen LogP contribution is -2.04. The minimum absolute atomic E-state index is 0.942. The van der Waals surface area contributed by atoms with Crippen LogP contribution in [0.1, 0.15) is 18.9 Å². The number of pyridine rings is 2. The SMILES string of the molecule is CCCNc1nc2c(ccc3cccnc32)cc1C. The van der Waals surface area contributed by atoms with E-state index in [9.17, 15) is 0 Å². The number of fused-ring (bicyclic) bond motifs is 3. The van der Waals surface area contributed by atoms with Crippen LogP contribution in [0.25, 0.3) is 21.8 Å². The molecule has 0 aliphatic rings. The number of benzene rings is 1. The lowest BCUT2D eigenvalue weighted by molar-refractivity contribution is 0.968. The largest absolute Gasteiger partial charge is 0.370 e. The molecule has 0 saturated carbocycles. The maximum atomic E-state index is 4.77. The molecule has 1 N–H and O–H groups in total. The van der Waals surface area contributed by atoms with E-state index in [4.69, 9.17) is 4.98 Å². The fourth-order valence-corrected chi connectivity index (χ4v) is 2.30. The molecular weight excluding hydrogens is 234 g/mol. The van der Waals surface area contributed by atoms with Gasteiger partial charge >= 0.3 is 0 Å². The highest BCUT2D eigenvalue weighted by Gasteiger charge is 2.06. The van der Waals surface area contributed by atoms with Crippen molar-refractivity contribution in [2.75, 3.05) is 11.9 Å². The second-order valence-corrected chi connectivity index (χ2v) is 4.79. The van der Waals surface area contributed by atoms with Crippen LogP contribution in [0.4, 0.5) is 5.82 Å². The standard InChI is InChI=1S/C16H17N3/c1-3-8-18-16-11(2)10-13-7-6-12-5-4-9-17-14(12)15(13)19-16/h4-7,9-10H,3,8H2,1-2H3,(H,18,19). The Kier molecular flexibility index (Phi) is 3.03. The summed E-state index contributed by atoms with van der Waals surface area (Å²) in [6.07, 6.45) is 2.91. The van der Waals surface area contributed by atoms with Gasteiger partial charge in [0.25, 0.3) is 0 Å². The molecule has 0 atom stereocenters. The van der Waals surface area contributed by atoms with Gasteiger partial charge in [0.15, 0.2) is 0 Å². The predicted molar refractivity (Wildman–Crippen MR) is 80.6 cm³/mol. The normalized spacial score (nSPS) is 11.1. The van der Waals surface area contributed by atoms with E-state index in [2.05, 4.69) is 48.4 Å². The summed E-state index contributed by atoms with van der Waals surface area (Å²) in [6, 6.07) is 10.4. The zero-order valence-electron chi connectivity index (χ0n) is 11.3. The van der Waals surface area contributed by atoms with Gasteiger partial charge in [0.2, 0.25) is 0 Å². The number of nitrogens with one attached hydrogen (secondary N) is 1. The fraction of sp³-hybridized carbons (Fsp3) is 0.250. The molecule has 0 aliphatic heterocycles. The van der Waals surface area contributed by atoms with Crippen LogP contribution in [0.2, 0.25) is 0 Å². The molecule has 0 spiro atoms. The van der Waals surface area contributed by atoms with Crippen molar-refractivity contribution in [3.63, 3.8) is 0 Å². The van der Waals surface area contributed by atoms with Crippen LogP contribution in [0.15, 0.2) is 36.5 Å². The molecule has 3 nitrogen and oxygen atoms in total. The highest BCUT2D eigenvalue weighted by molar-refractivity contribution is 6.03. The molecule has 0 saturated heterocycles. The lowest BCUT2D eigenvalue weighted by atomic mass is 10.1. The summed E-state index contributed by atoms with van der Waals surface area (Å²) < 4.78 is 0. The third-order valence-electron chi connectivity index (χ3n) is 3.29. The molecule has 0 radical (unpaired) electrons. The molecule has 3 aromatic rings. The third-order valence-corrected chi connectivity index (χ3v) is 3.29. The summed E-state index contributed by atoms with van der Waals surface area (Å²) in [5, 5.41) is 5.66. The van der Waals surface area contributed by atoms with Gasteiger partial charge in [-0.1, -0.05) is 25.1 Å². The number of nitrogens with zero attached hydrogens (tertiary/aromatic N) is 2. The van der Waals surface area contributed by atoms with Gasteiger partial charge in [0.05, 0.1) is 11.0 Å². The summed E-state index contributed by atoms with van der Waals surface area (Å²) in [7, 11) is 0. The van der Waals surface area contributed by atoms with E-state index >= 15 is 0 Å². The topological polar surface area (TPSA) is 37.8 Å². The van der Waals surface area contributed by atoms with Crippen molar-refractivity contribution in [3.05, 3.63) is 42.1 Å². The highest BCUT2D eigenvalue weighted by atomic mass is 15.0. The first-order valence-electron chi connectivity index (χ1n) is 6.68. The maximum absolute atomic E-state index is 4.77. The van der Waals surface area contributed by atoms with Gasteiger partial charge in [-0.05, 0) is 31.0 Å². The van der Waals surface area contributed by atoms with Crippen molar-refractivity contribution < 1.29 is 0 Å². The van der Waals surface area contributed by atoms with Crippen LogP contribution in [-0.2, 0) is 0 Å². The van der Waals surface area contributed by atoms with Gasteiger partial charge < -0.3 is 5.32 Å². The summed E-state index contributed by atoms with van der Waals surface area (Å²) >= 11 is 0. The number of anilines is 1. The van der Waals surface area contributed by atoms with E-state index in [0.717, 1.165) is 40.6 Å². The van der Waals surface area contributed by atoms with E-state index in [1.807, 2.05) is 12.3 Å². The Bertz CT molecular complexity index is 734. The van der Waals surface area contributed by atoms with Crippen LogP contribution in [0.3, 0.4) is 0 Å². The molecule has 1 aromatic carbocycles. The van der Waals surface area contributed by atoms with Crippen LogP contribution < -0.4 is 5.32 Å². The Balaban J connectivity index is 2.25. The number of aromatic nitrogens is 2. The monoisotopic (exact) mass is 251 g/mol. The summed E-state index contributed by atoms with van der Waals surface area (Å²) in [6.45, 7) is 5.19. The van der Waals surface area contributed by atoms with Gasteiger partial charge in [0.1, 0.15) is 5.82 Å². The van der Waals surface area contributed by atoms with Gasteiger partial charge in [-0.2, -0.15) is 0 Å². The Morgan fingerprint density at radius 3 is 2.79 bits per heavy atom. The molecule has 96 valence electrons. The Morgan fingerprint density at radius 2 is 1.95 bits per heavy atom. The number of rotatable bonds is 3. The highest BCUT2D eigenvalue weighted by Crippen LogP contribution is 2.25. The molecule has 19 heavy (non-hydrogen) atoms. The van der Waals surface area contributed by atoms with Gasteiger partial charge in [-0.15, -0.1) is 0 Å². The van der Waals surface area contributed by atoms with Crippen molar-refractivity contribution in [2.45, 2.75) is 20.3 Å². The van der Waals surface area contributed by atoms with Crippen molar-refractivity contribution in [1.29, 1.82) is 0 Å². The van der Waals surface area contributed by atoms with Gasteiger partial charge in [-0.25, -0.2) is 4.98 Å². The second-order valence-electron chi connectivity index (χ2n) is 4.79. The quantitative estimate of drug-likeness (QED) is 0.717. The molecule has 0 bridgehead atoms. The van der Waals surface area contributed by atoms with Crippen molar-refractivity contribution in [3.8, 4) is 0 Å². The zero-order valence-corrected chi connectivity index (χ0v) is 11.3. The number of aryl methyl sites for hydroxylation is 1. The third kappa shape index (κ3) is 2.12. The van der Waals surface area contributed by atoms with Crippen molar-refractivity contribution >= 4 is 27.6 Å². The Labute approximate surface area is 112 Å². The van der Waals surface area contributed by atoms with E-state index < -0.39 is 0 Å². The average molecular weight is 251 g/mol. The smallest absolute Gasteiger partial charge is 0.129 e. The average Bonchev–Trinajstić information content (AvgIpc) is 2.45. The van der Waals surface area contributed by atoms with Crippen LogP contribution in [-0.4, -0.2) is 16.5 Å². The van der Waals surface area contributed by atoms with E-state index in [1.165, 1.54) is 5.56 Å². The summed E-state index contributed by atoms with van der Waals surface area (Å²) in [5.74, 6) is 0.965. The fourth-order valence-electron chi connectivity index (χ4n) is 2.30. The predicted octanol–water partition coefficient (Wildman–Crippen LogP) is 3.91. The Morgan fingerprint density at radius 1 is 1.11 bits per heavy atom. The summed E-state index contributed by atoms with van der Waals surface area (Å²) in [4.78, 5) is 9.24. The molecule has 3 rings (SSSR count). The minimum Gasteiger partial charge on any atom is -0.370 e. The molecule has 0 fully saturated rings. The van der Waals surface area contributed by atoms with Crippen LogP contribution in [0.5, 0.6) is 0 Å². The lowest BCUT2D eigenvalue weighted by Gasteiger charge is -2.10. The Hall–Kier alpha value is -2.16. The molecule has 3 heteroatoms. The van der Waals surface area contributed by atoms with Crippen molar-refractivity contribution in [2.24, 2.45) is 0 Å². The van der Waals surface area contributed by atoms with Gasteiger partial charge in [0, 0.05) is 23.5 Å². The van der Waals surface area contributed by atoms with Gasteiger partial charge in [-0.3, -0.25) is 4.98 Å². The zero-order chi connectivity index (χ0) is 13.2.